The van der Waals surface area contributed by atoms with Crippen molar-refractivity contribution < 1.29 is 52.4 Å². The molecule has 158 valence electrons. The van der Waals surface area contributed by atoms with E-state index < -0.39 is 66.7 Å². The lowest BCUT2D eigenvalue weighted by Gasteiger charge is -2.49. The van der Waals surface area contributed by atoms with Crippen LogP contribution in [0.5, 0.6) is 0 Å². The standard InChI is InChI=1S/C17H24O11/c1-8(18)23-7-13-14(24-9(2)19)17(6,28-12(5)22)15(25-10(3)20)16(27-13)26-11(4)21/h13-16H,7H2,1-6H3/t13-,14-,15-,16?,17+/m1/s1. The van der Waals surface area contributed by atoms with Gasteiger partial charge in [-0.05, 0) is 6.92 Å². The summed E-state index contributed by atoms with van der Waals surface area (Å²) in [4.78, 5) is 57.7. The van der Waals surface area contributed by atoms with Crippen LogP contribution >= 0.6 is 0 Å². The normalized spacial score (nSPS) is 29.2. The molecule has 1 saturated heterocycles. The highest BCUT2D eigenvalue weighted by atomic mass is 16.7. The Hall–Kier alpha value is -2.69. The highest BCUT2D eigenvalue weighted by Gasteiger charge is 2.61. The molecule has 0 bridgehead atoms. The van der Waals surface area contributed by atoms with Crippen LogP contribution in [0, 0.1) is 0 Å². The molecule has 0 aromatic heterocycles. The van der Waals surface area contributed by atoms with Gasteiger partial charge in [0.2, 0.25) is 12.4 Å². The Labute approximate surface area is 161 Å². The second kappa shape index (κ2) is 9.49. The van der Waals surface area contributed by atoms with Gasteiger partial charge in [0.15, 0.2) is 11.7 Å². The van der Waals surface area contributed by atoms with Gasteiger partial charge in [-0.3, -0.25) is 24.0 Å². The van der Waals surface area contributed by atoms with E-state index in [1.165, 1.54) is 6.92 Å². The van der Waals surface area contributed by atoms with E-state index in [0.29, 0.717) is 0 Å². The first-order valence-corrected chi connectivity index (χ1v) is 8.36. The molecule has 0 aliphatic carbocycles. The van der Waals surface area contributed by atoms with Gasteiger partial charge in [-0.2, -0.15) is 0 Å². The fraction of sp³-hybridized carbons (Fsp3) is 0.706. The third-order valence-electron chi connectivity index (χ3n) is 3.71. The van der Waals surface area contributed by atoms with Crippen LogP contribution in [-0.4, -0.2) is 66.7 Å². The summed E-state index contributed by atoms with van der Waals surface area (Å²) in [7, 11) is 0. The van der Waals surface area contributed by atoms with Gasteiger partial charge < -0.3 is 28.4 Å². The van der Waals surface area contributed by atoms with E-state index in [0.717, 1.165) is 34.6 Å². The van der Waals surface area contributed by atoms with Gasteiger partial charge in [-0.15, -0.1) is 0 Å². The second-order valence-electron chi connectivity index (χ2n) is 6.29. The highest BCUT2D eigenvalue weighted by Crippen LogP contribution is 2.38. The number of ether oxygens (including phenoxy) is 6. The fourth-order valence-electron chi connectivity index (χ4n) is 2.84. The average molecular weight is 404 g/mol. The van der Waals surface area contributed by atoms with Gasteiger partial charge in [-0.1, -0.05) is 0 Å². The molecular weight excluding hydrogens is 380 g/mol. The van der Waals surface area contributed by atoms with Crippen LogP contribution in [0.25, 0.3) is 0 Å². The number of rotatable bonds is 6. The van der Waals surface area contributed by atoms with Crippen molar-refractivity contribution >= 4 is 29.8 Å². The summed E-state index contributed by atoms with van der Waals surface area (Å²) in [6.45, 7) is 6.46. The largest absolute Gasteiger partial charge is 0.463 e. The number of carbonyl (C=O) groups excluding carboxylic acids is 5. The Morgan fingerprint density at radius 3 is 1.68 bits per heavy atom. The lowest BCUT2D eigenvalue weighted by Crippen LogP contribution is -2.69. The van der Waals surface area contributed by atoms with Gasteiger partial charge in [0.1, 0.15) is 12.7 Å². The van der Waals surface area contributed by atoms with E-state index >= 15 is 0 Å². The van der Waals surface area contributed by atoms with Crippen molar-refractivity contribution in [1.82, 2.24) is 0 Å². The van der Waals surface area contributed by atoms with Crippen LogP contribution in [0.15, 0.2) is 0 Å². The molecule has 1 unspecified atom stereocenters. The quantitative estimate of drug-likeness (QED) is 0.437. The number of hydrogen-bond acceptors (Lipinski definition) is 11. The number of hydrogen-bond donors (Lipinski definition) is 0. The molecule has 0 spiro atoms. The minimum Gasteiger partial charge on any atom is -0.463 e. The Morgan fingerprint density at radius 2 is 1.25 bits per heavy atom. The van der Waals surface area contributed by atoms with Crippen molar-refractivity contribution in [3.8, 4) is 0 Å². The minimum atomic E-state index is -1.81. The Bertz CT molecular complexity index is 643. The molecule has 0 radical (unpaired) electrons. The van der Waals surface area contributed by atoms with Gasteiger partial charge >= 0.3 is 29.8 Å². The molecular formula is C17H24O11. The first kappa shape index (κ1) is 23.3. The first-order chi connectivity index (χ1) is 12.9. The van der Waals surface area contributed by atoms with Crippen LogP contribution < -0.4 is 0 Å². The third kappa shape index (κ3) is 6.19. The van der Waals surface area contributed by atoms with E-state index in [1.54, 1.807) is 0 Å². The monoisotopic (exact) mass is 404 g/mol. The molecule has 5 atom stereocenters. The van der Waals surface area contributed by atoms with Crippen molar-refractivity contribution in [3.63, 3.8) is 0 Å². The smallest absolute Gasteiger partial charge is 0.305 e. The SMILES string of the molecule is CC(=O)OC[C@H]1OC(OC(C)=O)[C@@H](OC(C)=O)[C@@](C)(OC(C)=O)[C@@H]1OC(C)=O. The van der Waals surface area contributed by atoms with Crippen molar-refractivity contribution in [1.29, 1.82) is 0 Å². The van der Waals surface area contributed by atoms with E-state index in [1.807, 2.05) is 0 Å². The molecule has 0 aromatic rings. The maximum absolute atomic E-state index is 11.7. The zero-order valence-electron chi connectivity index (χ0n) is 16.5. The summed E-state index contributed by atoms with van der Waals surface area (Å²) in [6.07, 6.45) is -5.51. The zero-order chi connectivity index (χ0) is 21.6. The molecule has 0 saturated carbocycles. The van der Waals surface area contributed by atoms with Gasteiger partial charge in [0.05, 0.1) is 0 Å². The zero-order valence-corrected chi connectivity index (χ0v) is 16.5. The lowest BCUT2D eigenvalue weighted by molar-refractivity contribution is -0.325. The second-order valence-corrected chi connectivity index (χ2v) is 6.29. The van der Waals surface area contributed by atoms with Gasteiger partial charge in [0, 0.05) is 34.6 Å². The maximum Gasteiger partial charge on any atom is 0.305 e. The average Bonchev–Trinajstić information content (AvgIpc) is 2.50. The van der Waals surface area contributed by atoms with Crippen molar-refractivity contribution in [2.24, 2.45) is 0 Å². The summed E-state index contributed by atoms with van der Waals surface area (Å²) in [5.41, 5.74) is -1.81. The van der Waals surface area contributed by atoms with Crippen molar-refractivity contribution in [2.75, 3.05) is 6.61 Å². The van der Waals surface area contributed by atoms with E-state index in [4.69, 9.17) is 28.4 Å². The summed E-state index contributed by atoms with van der Waals surface area (Å²) in [5, 5.41) is 0. The third-order valence-corrected chi connectivity index (χ3v) is 3.71. The molecule has 0 aromatic carbocycles. The minimum absolute atomic E-state index is 0.408. The topological polar surface area (TPSA) is 141 Å². The summed E-state index contributed by atoms with van der Waals surface area (Å²) in [5.74, 6) is -3.75. The maximum atomic E-state index is 11.7. The molecule has 0 amide bonds. The molecule has 1 fully saturated rings. The Balaban J connectivity index is 3.45. The van der Waals surface area contributed by atoms with Crippen LogP contribution in [0.4, 0.5) is 0 Å². The molecule has 1 rings (SSSR count). The van der Waals surface area contributed by atoms with Crippen LogP contribution in [0.3, 0.4) is 0 Å². The van der Waals surface area contributed by atoms with E-state index in [-0.39, 0.29) is 0 Å². The number of esters is 5. The van der Waals surface area contributed by atoms with Crippen LogP contribution in [0.2, 0.25) is 0 Å². The lowest BCUT2D eigenvalue weighted by atomic mass is 9.85. The molecule has 1 aliphatic heterocycles. The Kier molecular flexibility index (Phi) is 7.91. The molecule has 11 heteroatoms. The number of carbonyl (C=O) groups is 5. The molecule has 11 nitrogen and oxygen atoms in total. The Morgan fingerprint density at radius 1 is 0.750 bits per heavy atom. The van der Waals surface area contributed by atoms with Crippen molar-refractivity contribution in [2.45, 2.75) is 71.7 Å². The van der Waals surface area contributed by atoms with Crippen LogP contribution in [-0.2, 0) is 52.4 Å². The van der Waals surface area contributed by atoms with Crippen LogP contribution in [0.1, 0.15) is 41.5 Å². The summed E-state index contributed by atoms with van der Waals surface area (Å²) >= 11 is 0. The summed E-state index contributed by atoms with van der Waals surface area (Å²) in [6, 6.07) is 0. The predicted octanol–water partition coefficient (Wildman–Crippen LogP) is 0.0227. The van der Waals surface area contributed by atoms with Gasteiger partial charge in [-0.25, -0.2) is 0 Å². The summed E-state index contributed by atoms with van der Waals surface area (Å²) < 4.78 is 31.4. The molecule has 1 aliphatic rings. The fourth-order valence-corrected chi connectivity index (χ4v) is 2.84. The molecule has 1 heterocycles. The highest BCUT2D eigenvalue weighted by molar-refractivity contribution is 5.69. The van der Waals surface area contributed by atoms with Crippen molar-refractivity contribution in [3.05, 3.63) is 0 Å². The molecule has 0 N–H and O–H groups in total. The van der Waals surface area contributed by atoms with Gasteiger partial charge in [0.25, 0.3) is 0 Å². The first-order valence-electron chi connectivity index (χ1n) is 8.36. The molecule has 28 heavy (non-hydrogen) atoms. The predicted molar refractivity (Wildman–Crippen MR) is 88.3 cm³/mol. The van der Waals surface area contributed by atoms with E-state index in [9.17, 15) is 24.0 Å². The van der Waals surface area contributed by atoms with E-state index in [2.05, 4.69) is 0 Å².